The number of halogens is 1. The third-order valence-electron chi connectivity index (χ3n) is 6.95. The fourth-order valence-electron chi connectivity index (χ4n) is 5.30. The molecule has 7 heteroatoms. The van der Waals surface area contributed by atoms with Crippen molar-refractivity contribution in [3.05, 3.63) is 48.0 Å². The Morgan fingerprint density at radius 2 is 1.75 bits per heavy atom. The Balaban J connectivity index is 0.00000289. The maximum Gasteiger partial charge on any atom is 0.233 e. The van der Waals surface area contributed by atoms with Gasteiger partial charge in [0, 0.05) is 26.2 Å². The van der Waals surface area contributed by atoms with Gasteiger partial charge in [-0.05, 0) is 49.5 Å². The minimum atomic E-state index is -0.100. The van der Waals surface area contributed by atoms with Gasteiger partial charge < -0.3 is 10.6 Å². The Kier molecular flexibility index (Phi) is 8.73. The number of carbonyl (C=O) groups excluding carboxylic acids is 2. The van der Waals surface area contributed by atoms with E-state index in [1.807, 2.05) is 13.0 Å². The van der Waals surface area contributed by atoms with Crippen LogP contribution in [0.25, 0.3) is 0 Å². The van der Waals surface area contributed by atoms with Crippen LogP contribution in [-0.2, 0) is 9.59 Å². The number of likely N-dealkylation sites (tertiary alicyclic amines) is 1. The van der Waals surface area contributed by atoms with Crippen molar-refractivity contribution in [3.63, 3.8) is 0 Å². The number of amides is 2. The Morgan fingerprint density at radius 3 is 2.38 bits per heavy atom. The van der Waals surface area contributed by atoms with E-state index in [-0.39, 0.29) is 59.5 Å². The average molecular weight is 550 g/mol. The van der Waals surface area contributed by atoms with Crippen LogP contribution in [-0.4, -0.2) is 48.9 Å². The summed E-state index contributed by atoms with van der Waals surface area (Å²) in [6.07, 6.45) is 6.96. The molecule has 0 spiro atoms. The van der Waals surface area contributed by atoms with Crippen LogP contribution >= 0.6 is 24.0 Å². The summed E-state index contributed by atoms with van der Waals surface area (Å²) in [5, 5.41) is 6.68. The first-order valence-electron chi connectivity index (χ1n) is 11.7. The molecule has 2 fully saturated rings. The fraction of sp³-hybridized carbons (Fsp3) is 0.560. The zero-order valence-corrected chi connectivity index (χ0v) is 21.3. The van der Waals surface area contributed by atoms with Gasteiger partial charge in [0.15, 0.2) is 5.96 Å². The molecule has 5 atom stereocenters. The van der Waals surface area contributed by atoms with Gasteiger partial charge in [0.25, 0.3) is 0 Å². The van der Waals surface area contributed by atoms with E-state index >= 15 is 0 Å². The molecule has 2 aliphatic carbocycles. The molecule has 0 aromatic heterocycles. The number of imide groups is 1. The summed E-state index contributed by atoms with van der Waals surface area (Å²) in [5.74, 6) is 1.70. The Morgan fingerprint density at radius 1 is 1.09 bits per heavy atom. The van der Waals surface area contributed by atoms with Crippen LogP contribution in [0.4, 0.5) is 0 Å². The van der Waals surface area contributed by atoms with E-state index in [1.54, 1.807) is 0 Å². The molecule has 4 rings (SSSR count). The van der Waals surface area contributed by atoms with E-state index in [2.05, 4.69) is 59.0 Å². The highest BCUT2D eigenvalue weighted by Gasteiger charge is 2.58. The number of allylic oxidation sites excluding steroid dienone is 2. The van der Waals surface area contributed by atoms with Gasteiger partial charge in [-0.1, -0.05) is 49.4 Å². The van der Waals surface area contributed by atoms with E-state index in [9.17, 15) is 9.59 Å². The largest absolute Gasteiger partial charge is 0.357 e. The lowest BCUT2D eigenvalue weighted by molar-refractivity contribution is -0.140. The second-order valence-corrected chi connectivity index (χ2v) is 8.97. The fourth-order valence-corrected chi connectivity index (χ4v) is 5.30. The summed E-state index contributed by atoms with van der Waals surface area (Å²) < 4.78 is 0. The lowest BCUT2D eigenvalue weighted by atomic mass is 9.85. The van der Waals surface area contributed by atoms with E-state index in [0.29, 0.717) is 25.4 Å². The predicted octanol–water partition coefficient (Wildman–Crippen LogP) is 3.55. The number of nitrogens with one attached hydrogen (secondary N) is 2. The van der Waals surface area contributed by atoms with Crippen LogP contribution in [0, 0.1) is 23.7 Å². The van der Waals surface area contributed by atoms with Crippen LogP contribution in [0.5, 0.6) is 0 Å². The zero-order valence-electron chi connectivity index (χ0n) is 19.0. The molecular formula is C25H35IN4O2. The molecule has 1 saturated heterocycles. The minimum Gasteiger partial charge on any atom is -0.357 e. The predicted molar refractivity (Wildman–Crippen MR) is 138 cm³/mol. The van der Waals surface area contributed by atoms with Crippen molar-refractivity contribution in [1.82, 2.24) is 15.5 Å². The second-order valence-electron chi connectivity index (χ2n) is 8.97. The zero-order chi connectivity index (χ0) is 21.8. The van der Waals surface area contributed by atoms with E-state index in [4.69, 9.17) is 0 Å². The standard InChI is InChI=1S/C25H34N4O2.HI/c1-3-26-25(28-14-12-17(2)18-8-5-4-6-9-18)27-13-7-15-29-23(30)21-19-10-11-20(16-19)22(21)24(29)31;/h4-6,8-11,17,19-22H,3,7,12-16H2,1-2H3,(H2,26,27,28);1H. The molecule has 174 valence electrons. The highest BCUT2D eigenvalue weighted by atomic mass is 127. The van der Waals surface area contributed by atoms with Gasteiger partial charge >= 0.3 is 0 Å². The molecule has 1 heterocycles. The average Bonchev–Trinajstić information content (AvgIpc) is 3.46. The SMILES string of the molecule is CCNC(=NCCCN1C(=O)C2C3C=CC(C3)C2C1=O)NCCC(C)c1ccccc1.I. The molecule has 1 aromatic rings. The van der Waals surface area contributed by atoms with Gasteiger partial charge in [0.05, 0.1) is 11.8 Å². The molecule has 32 heavy (non-hydrogen) atoms. The summed E-state index contributed by atoms with van der Waals surface area (Å²) in [7, 11) is 0. The number of aliphatic imine (C=N–C) groups is 1. The van der Waals surface area contributed by atoms with Crippen molar-refractivity contribution in [1.29, 1.82) is 0 Å². The van der Waals surface area contributed by atoms with Gasteiger partial charge in [0.1, 0.15) is 0 Å². The quantitative estimate of drug-likeness (QED) is 0.123. The van der Waals surface area contributed by atoms with Crippen molar-refractivity contribution in [2.45, 2.75) is 39.0 Å². The van der Waals surface area contributed by atoms with Crippen LogP contribution in [0.15, 0.2) is 47.5 Å². The van der Waals surface area contributed by atoms with Crippen molar-refractivity contribution in [3.8, 4) is 0 Å². The topological polar surface area (TPSA) is 73.8 Å². The van der Waals surface area contributed by atoms with Crippen molar-refractivity contribution < 1.29 is 9.59 Å². The van der Waals surface area contributed by atoms with Crippen LogP contribution in [0.1, 0.15) is 44.6 Å². The molecule has 1 aliphatic heterocycles. The third kappa shape index (κ3) is 5.18. The number of hydrogen-bond donors (Lipinski definition) is 2. The molecule has 2 bridgehead atoms. The number of carbonyl (C=O) groups is 2. The van der Waals surface area contributed by atoms with Crippen molar-refractivity contribution in [2.24, 2.45) is 28.7 Å². The van der Waals surface area contributed by atoms with Crippen molar-refractivity contribution in [2.75, 3.05) is 26.2 Å². The monoisotopic (exact) mass is 550 g/mol. The normalized spacial score (nSPS) is 26.8. The van der Waals surface area contributed by atoms with Gasteiger partial charge in [-0.3, -0.25) is 19.5 Å². The van der Waals surface area contributed by atoms with E-state index in [0.717, 1.165) is 31.9 Å². The number of benzene rings is 1. The first-order valence-corrected chi connectivity index (χ1v) is 11.7. The molecule has 5 unspecified atom stereocenters. The first-order chi connectivity index (χ1) is 15.1. The van der Waals surface area contributed by atoms with Gasteiger partial charge in [-0.15, -0.1) is 24.0 Å². The number of fused-ring (bicyclic) bond motifs is 5. The number of nitrogens with zero attached hydrogens (tertiary/aromatic N) is 2. The molecule has 1 aromatic carbocycles. The highest BCUT2D eigenvalue weighted by Crippen LogP contribution is 2.52. The Bertz CT molecular complexity index is 827. The Hall–Kier alpha value is -1.90. The third-order valence-corrected chi connectivity index (χ3v) is 6.95. The molecule has 2 amide bonds. The Labute approximate surface area is 208 Å². The van der Waals surface area contributed by atoms with Gasteiger partial charge in [-0.25, -0.2) is 0 Å². The minimum absolute atomic E-state index is 0. The number of hydrogen-bond acceptors (Lipinski definition) is 3. The maximum absolute atomic E-state index is 12.8. The second kappa shape index (κ2) is 11.3. The maximum atomic E-state index is 12.8. The van der Waals surface area contributed by atoms with Crippen LogP contribution in [0.2, 0.25) is 0 Å². The lowest BCUT2D eigenvalue weighted by Crippen LogP contribution is -2.38. The van der Waals surface area contributed by atoms with Crippen LogP contribution in [0.3, 0.4) is 0 Å². The summed E-state index contributed by atoms with van der Waals surface area (Å²) >= 11 is 0. The van der Waals surface area contributed by atoms with E-state index < -0.39 is 0 Å². The highest BCUT2D eigenvalue weighted by molar-refractivity contribution is 14.0. The first kappa shape index (κ1) is 24.7. The van der Waals surface area contributed by atoms with Gasteiger partial charge in [0.2, 0.25) is 11.8 Å². The molecule has 2 N–H and O–H groups in total. The van der Waals surface area contributed by atoms with Crippen molar-refractivity contribution >= 4 is 41.8 Å². The number of guanidine groups is 1. The van der Waals surface area contributed by atoms with Crippen LogP contribution < -0.4 is 10.6 Å². The molecule has 3 aliphatic rings. The number of rotatable bonds is 9. The summed E-state index contributed by atoms with van der Waals surface area (Å²) in [6, 6.07) is 10.5. The lowest BCUT2D eigenvalue weighted by Gasteiger charge is -2.17. The molecule has 6 nitrogen and oxygen atoms in total. The summed E-state index contributed by atoms with van der Waals surface area (Å²) in [4.78, 5) is 31.6. The summed E-state index contributed by atoms with van der Waals surface area (Å²) in [6.45, 7) is 6.97. The smallest absolute Gasteiger partial charge is 0.233 e. The van der Waals surface area contributed by atoms with Gasteiger partial charge in [-0.2, -0.15) is 0 Å². The summed E-state index contributed by atoms with van der Waals surface area (Å²) in [5.41, 5.74) is 1.35. The molecular weight excluding hydrogens is 515 g/mol. The molecule has 1 saturated carbocycles. The molecule has 0 radical (unpaired) electrons. The van der Waals surface area contributed by atoms with E-state index in [1.165, 1.54) is 10.5 Å².